The molecule has 0 atom stereocenters. The Hall–Kier alpha value is -2.94. The van der Waals surface area contributed by atoms with Crippen LogP contribution < -0.4 is 10.2 Å². The van der Waals surface area contributed by atoms with Gasteiger partial charge >= 0.3 is 0 Å². The molecule has 9 heteroatoms. The number of aromatic nitrogens is 5. The lowest BCUT2D eigenvalue weighted by atomic mass is 10.1. The second-order valence-electron chi connectivity index (χ2n) is 7.02. The lowest BCUT2D eigenvalue weighted by molar-refractivity contribution is 0.102. The largest absolute Gasteiger partial charge is 0.341 e. The summed E-state index contributed by atoms with van der Waals surface area (Å²) in [7, 11) is 0. The van der Waals surface area contributed by atoms with E-state index in [1.54, 1.807) is 12.4 Å². The van der Waals surface area contributed by atoms with Gasteiger partial charge in [-0.25, -0.2) is 9.97 Å². The third kappa shape index (κ3) is 3.45. The number of amides is 1. The maximum Gasteiger partial charge on any atom is 0.261 e. The molecule has 0 spiro atoms. The Morgan fingerprint density at radius 2 is 2.00 bits per heavy atom. The first-order valence-corrected chi connectivity index (χ1v) is 10.3. The molecule has 0 bridgehead atoms. The second kappa shape index (κ2) is 7.23. The maximum absolute atomic E-state index is 12.9. The van der Waals surface area contributed by atoms with Gasteiger partial charge in [-0.1, -0.05) is 17.4 Å². The van der Waals surface area contributed by atoms with Gasteiger partial charge in [0.25, 0.3) is 5.91 Å². The molecule has 2 fully saturated rings. The van der Waals surface area contributed by atoms with Crippen LogP contribution in [0.3, 0.4) is 0 Å². The molecule has 1 saturated heterocycles. The molecule has 2 aliphatic rings. The number of carbonyl (C=O) groups is 1. The van der Waals surface area contributed by atoms with E-state index in [0.717, 1.165) is 43.8 Å². The number of nitrogens with zero attached hydrogens (tertiary/aromatic N) is 6. The average Bonchev–Trinajstić information content (AvgIpc) is 3.24. The van der Waals surface area contributed by atoms with Gasteiger partial charge < -0.3 is 4.90 Å². The Labute approximate surface area is 166 Å². The summed E-state index contributed by atoms with van der Waals surface area (Å²) >= 11 is 1.43. The number of pyridine rings is 1. The van der Waals surface area contributed by atoms with Crippen molar-refractivity contribution in [2.45, 2.75) is 31.6 Å². The number of hydrogen-bond donors (Lipinski definition) is 1. The SMILES string of the molecule is O=C(Nc1nnc(C2CC2)s1)c1cnc(N2CCCC2)nc1-c1ccccn1. The molecular formula is C19H19N7OS. The minimum Gasteiger partial charge on any atom is -0.341 e. The van der Waals surface area contributed by atoms with Crippen LogP contribution in [0.2, 0.25) is 0 Å². The predicted octanol–water partition coefficient (Wildman–Crippen LogP) is 3.12. The van der Waals surface area contributed by atoms with Crippen LogP contribution in [0.15, 0.2) is 30.6 Å². The van der Waals surface area contributed by atoms with E-state index in [0.29, 0.717) is 33.9 Å². The number of hydrogen-bond acceptors (Lipinski definition) is 8. The Balaban J connectivity index is 1.47. The summed E-state index contributed by atoms with van der Waals surface area (Å²) in [4.78, 5) is 28.6. The van der Waals surface area contributed by atoms with Gasteiger partial charge in [-0.15, -0.1) is 10.2 Å². The highest BCUT2D eigenvalue weighted by atomic mass is 32.1. The van der Waals surface area contributed by atoms with E-state index >= 15 is 0 Å². The van der Waals surface area contributed by atoms with Crippen molar-refractivity contribution in [1.29, 1.82) is 0 Å². The van der Waals surface area contributed by atoms with Gasteiger partial charge in [0.15, 0.2) is 0 Å². The van der Waals surface area contributed by atoms with Gasteiger partial charge in [0.1, 0.15) is 10.7 Å². The molecule has 8 nitrogen and oxygen atoms in total. The van der Waals surface area contributed by atoms with Crippen molar-refractivity contribution in [3.05, 3.63) is 41.2 Å². The third-order valence-electron chi connectivity index (χ3n) is 4.90. The Morgan fingerprint density at radius 3 is 2.75 bits per heavy atom. The Bertz CT molecular complexity index is 997. The molecule has 3 aromatic rings. The van der Waals surface area contributed by atoms with Crippen molar-refractivity contribution in [3.63, 3.8) is 0 Å². The Kier molecular flexibility index (Phi) is 4.44. The summed E-state index contributed by atoms with van der Waals surface area (Å²) in [5.74, 6) is 0.851. The van der Waals surface area contributed by atoms with E-state index < -0.39 is 0 Å². The van der Waals surface area contributed by atoms with Crippen molar-refractivity contribution in [2.75, 3.05) is 23.3 Å². The van der Waals surface area contributed by atoms with E-state index in [-0.39, 0.29) is 5.91 Å². The molecule has 5 rings (SSSR count). The van der Waals surface area contributed by atoms with Crippen molar-refractivity contribution >= 4 is 28.3 Å². The number of carbonyl (C=O) groups excluding carboxylic acids is 1. The smallest absolute Gasteiger partial charge is 0.261 e. The zero-order chi connectivity index (χ0) is 18.9. The van der Waals surface area contributed by atoms with Crippen LogP contribution in [0.4, 0.5) is 11.1 Å². The van der Waals surface area contributed by atoms with Crippen LogP contribution in [0.25, 0.3) is 11.4 Å². The molecule has 1 N–H and O–H groups in total. The first-order chi connectivity index (χ1) is 13.8. The van der Waals surface area contributed by atoms with E-state index in [2.05, 4.69) is 35.4 Å². The highest BCUT2D eigenvalue weighted by Gasteiger charge is 2.28. The topological polar surface area (TPSA) is 96.8 Å². The molecule has 0 unspecified atom stereocenters. The van der Waals surface area contributed by atoms with E-state index in [9.17, 15) is 4.79 Å². The molecule has 0 radical (unpaired) electrons. The molecule has 1 saturated carbocycles. The van der Waals surface area contributed by atoms with Crippen LogP contribution >= 0.6 is 11.3 Å². The standard InChI is InChI=1S/C19H19N7OS/c27-16(23-19-25-24-17(28-19)12-6-7-12)13-11-21-18(26-9-3-4-10-26)22-15(13)14-5-1-2-8-20-14/h1-2,5,8,11-12H,3-4,6-7,9-10H2,(H,23,25,27). The fourth-order valence-corrected chi connectivity index (χ4v) is 4.16. The maximum atomic E-state index is 12.9. The van der Waals surface area contributed by atoms with Crippen molar-refractivity contribution in [3.8, 4) is 11.4 Å². The normalized spacial score (nSPS) is 16.4. The summed E-state index contributed by atoms with van der Waals surface area (Å²) < 4.78 is 0. The summed E-state index contributed by atoms with van der Waals surface area (Å²) in [6.07, 6.45) is 7.84. The number of rotatable bonds is 5. The minimum absolute atomic E-state index is 0.299. The van der Waals surface area contributed by atoms with Gasteiger partial charge in [-0.2, -0.15) is 0 Å². The zero-order valence-corrected chi connectivity index (χ0v) is 16.0. The summed E-state index contributed by atoms with van der Waals surface area (Å²) in [5.41, 5.74) is 1.55. The van der Waals surface area contributed by atoms with Crippen LogP contribution in [0.5, 0.6) is 0 Å². The van der Waals surface area contributed by atoms with Crippen LogP contribution in [-0.2, 0) is 0 Å². The molecular weight excluding hydrogens is 374 g/mol. The lowest BCUT2D eigenvalue weighted by Gasteiger charge is -2.17. The number of anilines is 2. The molecule has 0 aromatic carbocycles. The monoisotopic (exact) mass is 393 g/mol. The fourth-order valence-electron chi connectivity index (χ4n) is 3.25. The van der Waals surface area contributed by atoms with E-state index in [4.69, 9.17) is 0 Å². The third-order valence-corrected chi connectivity index (χ3v) is 5.91. The van der Waals surface area contributed by atoms with Crippen molar-refractivity contribution in [1.82, 2.24) is 25.1 Å². The van der Waals surface area contributed by atoms with Gasteiger partial charge in [-0.3, -0.25) is 15.1 Å². The lowest BCUT2D eigenvalue weighted by Crippen LogP contribution is -2.22. The van der Waals surface area contributed by atoms with Crippen molar-refractivity contribution < 1.29 is 4.79 Å². The van der Waals surface area contributed by atoms with E-state index in [1.807, 2.05) is 18.2 Å². The molecule has 28 heavy (non-hydrogen) atoms. The quantitative estimate of drug-likeness (QED) is 0.711. The molecule has 1 amide bonds. The summed E-state index contributed by atoms with van der Waals surface area (Å²) in [5, 5.41) is 12.6. The summed E-state index contributed by atoms with van der Waals surface area (Å²) in [6.45, 7) is 1.86. The van der Waals surface area contributed by atoms with Gasteiger partial charge in [-0.05, 0) is 37.8 Å². The Morgan fingerprint density at radius 1 is 1.14 bits per heavy atom. The van der Waals surface area contributed by atoms with Gasteiger partial charge in [0, 0.05) is 31.4 Å². The minimum atomic E-state index is -0.299. The first-order valence-electron chi connectivity index (χ1n) is 9.46. The van der Waals surface area contributed by atoms with E-state index in [1.165, 1.54) is 11.3 Å². The summed E-state index contributed by atoms with van der Waals surface area (Å²) in [6, 6.07) is 5.57. The average molecular weight is 393 g/mol. The van der Waals surface area contributed by atoms with Gasteiger partial charge in [0.05, 0.1) is 11.3 Å². The zero-order valence-electron chi connectivity index (χ0n) is 15.2. The van der Waals surface area contributed by atoms with Gasteiger partial charge in [0.2, 0.25) is 11.1 Å². The molecule has 3 aromatic heterocycles. The number of nitrogens with one attached hydrogen (secondary N) is 1. The van der Waals surface area contributed by atoms with Crippen LogP contribution in [0, 0.1) is 0 Å². The predicted molar refractivity (Wildman–Crippen MR) is 107 cm³/mol. The highest BCUT2D eigenvalue weighted by Crippen LogP contribution is 2.42. The van der Waals surface area contributed by atoms with Crippen LogP contribution in [0.1, 0.15) is 47.0 Å². The highest BCUT2D eigenvalue weighted by molar-refractivity contribution is 7.15. The molecule has 1 aliphatic carbocycles. The first kappa shape index (κ1) is 17.2. The molecule has 4 heterocycles. The van der Waals surface area contributed by atoms with Crippen molar-refractivity contribution in [2.24, 2.45) is 0 Å². The molecule has 1 aliphatic heterocycles. The second-order valence-corrected chi connectivity index (χ2v) is 8.02. The van der Waals surface area contributed by atoms with Crippen LogP contribution in [-0.4, -0.2) is 44.1 Å². The molecule has 142 valence electrons. The fraction of sp³-hybridized carbons (Fsp3) is 0.368.